The molecule has 3 rings (SSSR count). The van der Waals surface area contributed by atoms with Gasteiger partial charge in [-0.2, -0.15) is 0 Å². The summed E-state index contributed by atoms with van der Waals surface area (Å²) >= 11 is 1.65. The minimum absolute atomic E-state index is 0.00986. The molecule has 0 saturated heterocycles. The molecular weight excluding hydrogens is 346 g/mol. The lowest BCUT2D eigenvalue weighted by molar-refractivity contribution is -0.133. The van der Waals surface area contributed by atoms with Crippen molar-refractivity contribution in [3.05, 3.63) is 58.3 Å². The van der Waals surface area contributed by atoms with Crippen molar-refractivity contribution in [1.29, 1.82) is 0 Å². The van der Waals surface area contributed by atoms with Gasteiger partial charge in [0, 0.05) is 31.6 Å². The Hall–Kier alpha value is -2.34. The molecule has 1 aromatic carbocycles. The molecule has 26 heavy (non-hydrogen) atoms. The highest BCUT2D eigenvalue weighted by molar-refractivity contribution is 7.09. The van der Waals surface area contributed by atoms with Crippen molar-refractivity contribution < 1.29 is 9.59 Å². The first-order chi connectivity index (χ1) is 12.5. The van der Waals surface area contributed by atoms with Gasteiger partial charge in [-0.25, -0.2) is 4.79 Å². The molecule has 0 unspecified atom stereocenters. The molecule has 0 spiro atoms. The average molecular weight is 372 g/mol. The second-order valence-corrected chi connectivity index (χ2v) is 7.88. The number of rotatable bonds is 7. The normalized spacial score (nSPS) is 13.3. The summed E-state index contributed by atoms with van der Waals surface area (Å²) < 4.78 is 0. The summed E-state index contributed by atoms with van der Waals surface area (Å²) in [7, 11) is 3.46. The number of urea groups is 1. The lowest BCUT2D eigenvalue weighted by Gasteiger charge is -2.29. The number of carbonyl (C=O) groups is 2. The van der Waals surface area contributed by atoms with Crippen LogP contribution in [0, 0.1) is 0 Å². The molecule has 1 aliphatic rings. The molecule has 0 aliphatic heterocycles. The first-order valence-electron chi connectivity index (χ1n) is 8.86. The van der Waals surface area contributed by atoms with E-state index in [4.69, 9.17) is 0 Å². The van der Waals surface area contributed by atoms with Crippen LogP contribution in [0.2, 0.25) is 0 Å². The summed E-state index contributed by atoms with van der Waals surface area (Å²) in [4.78, 5) is 31.8. The van der Waals surface area contributed by atoms with Crippen molar-refractivity contribution in [3.8, 4) is 0 Å². The highest BCUT2D eigenvalue weighted by Crippen LogP contribution is 2.27. The maximum atomic E-state index is 13.1. The van der Waals surface area contributed by atoms with Gasteiger partial charge in [-0.1, -0.05) is 36.4 Å². The highest BCUT2D eigenvalue weighted by Gasteiger charge is 2.35. The van der Waals surface area contributed by atoms with Crippen molar-refractivity contribution in [2.24, 2.45) is 0 Å². The van der Waals surface area contributed by atoms with Crippen molar-refractivity contribution in [1.82, 2.24) is 14.7 Å². The lowest BCUT2D eigenvalue weighted by Crippen LogP contribution is -2.47. The third kappa shape index (κ3) is 4.85. The SMILES string of the molecule is CN(C)C(=O)N(CC(=O)N(Cc1ccccc1)Cc1cccs1)C1CC1. The van der Waals surface area contributed by atoms with E-state index in [0.29, 0.717) is 13.1 Å². The third-order valence-corrected chi connectivity index (χ3v) is 5.28. The van der Waals surface area contributed by atoms with Gasteiger partial charge in [0.25, 0.3) is 0 Å². The first-order valence-corrected chi connectivity index (χ1v) is 9.74. The van der Waals surface area contributed by atoms with Crippen molar-refractivity contribution in [3.63, 3.8) is 0 Å². The molecule has 6 heteroatoms. The van der Waals surface area contributed by atoms with Crippen LogP contribution in [0.3, 0.4) is 0 Å². The van der Waals surface area contributed by atoms with Crippen LogP contribution in [0.1, 0.15) is 23.3 Å². The number of carbonyl (C=O) groups excluding carboxylic acids is 2. The Morgan fingerprint density at radius 1 is 1.04 bits per heavy atom. The summed E-state index contributed by atoms with van der Waals surface area (Å²) in [5, 5.41) is 2.02. The van der Waals surface area contributed by atoms with Crippen LogP contribution in [0.15, 0.2) is 47.8 Å². The van der Waals surface area contributed by atoms with Gasteiger partial charge in [-0.05, 0) is 29.9 Å². The maximum Gasteiger partial charge on any atom is 0.320 e. The van der Waals surface area contributed by atoms with E-state index in [2.05, 4.69) is 0 Å². The van der Waals surface area contributed by atoms with Crippen LogP contribution in [0.4, 0.5) is 4.79 Å². The van der Waals surface area contributed by atoms with E-state index < -0.39 is 0 Å². The van der Waals surface area contributed by atoms with E-state index in [9.17, 15) is 9.59 Å². The smallest absolute Gasteiger partial charge is 0.320 e. The molecule has 1 aromatic heterocycles. The third-order valence-electron chi connectivity index (χ3n) is 4.42. The molecule has 3 amide bonds. The van der Waals surface area contributed by atoms with Crippen LogP contribution in [0.5, 0.6) is 0 Å². The Bertz CT molecular complexity index is 727. The summed E-state index contributed by atoms with van der Waals surface area (Å²) in [5.74, 6) is -0.00986. The molecule has 1 fully saturated rings. The number of amides is 3. The van der Waals surface area contributed by atoms with E-state index in [1.54, 1.807) is 35.2 Å². The minimum atomic E-state index is -0.0864. The van der Waals surface area contributed by atoms with Crippen molar-refractivity contribution in [2.45, 2.75) is 32.0 Å². The van der Waals surface area contributed by atoms with Crippen molar-refractivity contribution >= 4 is 23.3 Å². The Morgan fingerprint density at radius 3 is 2.35 bits per heavy atom. The van der Waals surface area contributed by atoms with Gasteiger partial charge in [0.05, 0.1) is 6.54 Å². The number of thiophene rings is 1. The predicted molar refractivity (Wildman–Crippen MR) is 104 cm³/mol. The Kier molecular flexibility index (Phi) is 5.93. The molecular formula is C20H25N3O2S. The van der Waals surface area contributed by atoms with Gasteiger partial charge < -0.3 is 14.7 Å². The molecule has 138 valence electrons. The Labute approximate surface area is 158 Å². The second-order valence-electron chi connectivity index (χ2n) is 6.85. The van der Waals surface area contributed by atoms with Crippen LogP contribution in [-0.4, -0.2) is 53.3 Å². The van der Waals surface area contributed by atoms with Crippen LogP contribution in [-0.2, 0) is 17.9 Å². The van der Waals surface area contributed by atoms with Gasteiger partial charge in [0.2, 0.25) is 5.91 Å². The number of benzene rings is 1. The molecule has 0 atom stereocenters. The van der Waals surface area contributed by atoms with Crippen molar-refractivity contribution in [2.75, 3.05) is 20.6 Å². The average Bonchev–Trinajstić information content (AvgIpc) is 3.35. The largest absolute Gasteiger partial charge is 0.332 e. The zero-order valence-corrected chi connectivity index (χ0v) is 16.1. The van der Waals surface area contributed by atoms with E-state index in [1.807, 2.05) is 52.7 Å². The Morgan fingerprint density at radius 2 is 1.77 bits per heavy atom. The number of nitrogens with zero attached hydrogens (tertiary/aromatic N) is 3. The fourth-order valence-corrected chi connectivity index (χ4v) is 3.59. The molecule has 1 aliphatic carbocycles. The fraction of sp³-hybridized carbons (Fsp3) is 0.400. The van der Waals surface area contributed by atoms with Crippen LogP contribution >= 0.6 is 11.3 Å². The summed E-state index contributed by atoms with van der Waals surface area (Å²) in [6.07, 6.45) is 1.97. The Balaban J connectivity index is 1.73. The molecule has 2 aromatic rings. The predicted octanol–water partition coefficient (Wildman–Crippen LogP) is 3.42. The monoisotopic (exact) mass is 371 g/mol. The quantitative estimate of drug-likeness (QED) is 0.748. The summed E-state index contributed by atoms with van der Waals surface area (Å²) in [6.45, 7) is 1.26. The van der Waals surface area contributed by atoms with Crippen LogP contribution < -0.4 is 0 Å². The van der Waals surface area contributed by atoms with Gasteiger partial charge in [0.1, 0.15) is 6.54 Å². The summed E-state index contributed by atoms with van der Waals surface area (Å²) in [6, 6.07) is 14.1. The second kappa shape index (κ2) is 8.36. The van der Waals surface area contributed by atoms with E-state index in [0.717, 1.165) is 23.3 Å². The molecule has 0 bridgehead atoms. The summed E-state index contributed by atoms with van der Waals surface area (Å²) in [5.41, 5.74) is 1.09. The van der Waals surface area contributed by atoms with Gasteiger partial charge in [-0.15, -0.1) is 11.3 Å². The zero-order chi connectivity index (χ0) is 18.5. The molecule has 0 N–H and O–H groups in total. The highest BCUT2D eigenvalue weighted by atomic mass is 32.1. The lowest BCUT2D eigenvalue weighted by atomic mass is 10.2. The van der Waals surface area contributed by atoms with Crippen LogP contribution in [0.25, 0.3) is 0 Å². The first kappa shape index (κ1) is 18.5. The van der Waals surface area contributed by atoms with Gasteiger partial charge >= 0.3 is 6.03 Å². The van der Waals surface area contributed by atoms with E-state index in [-0.39, 0.29) is 24.5 Å². The molecule has 5 nitrogen and oxygen atoms in total. The standard InChI is InChI=1S/C20H25N3O2S/c1-21(2)20(25)23(17-10-11-17)15-19(24)22(14-18-9-6-12-26-18)13-16-7-4-3-5-8-16/h3-9,12,17H,10-11,13-15H2,1-2H3. The molecule has 1 saturated carbocycles. The zero-order valence-electron chi connectivity index (χ0n) is 15.3. The number of hydrogen-bond acceptors (Lipinski definition) is 3. The van der Waals surface area contributed by atoms with Gasteiger partial charge in [0.15, 0.2) is 0 Å². The molecule has 0 radical (unpaired) electrons. The number of hydrogen-bond donors (Lipinski definition) is 0. The molecule has 1 heterocycles. The van der Waals surface area contributed by atoms with E-state index >= 15 is 0 Å². The van der Waals surface area contributed by atoms with E-state index in [1.165, 1.54) is 0 Å². The fourth-order valence-electron chi connectivity index (χ4n) is 2.87. The topological polar surface area (TPSA) is 43.9 Å². The minimum Gasteiger partial charge on any atom is -0.332 e. The van der Waals surface area contributed by atoms with Gasteiger partial charge in [-0.3, -0.25) is 4.79 Å². The maximum absolute atomic E-state index is 13.1.